The fraction of sp³-hybridized carbons (Fsp3) is 0.926. The van der Waals surface area contributed by atoms with E-state index in [2.05, 4.69) is 20.8 Å². The van der Waals surface area contributed by atoms with Crippen LogP contribution in [0.25, 0.3) is 0 Å². The molecule has 0 spiro atoms. The Morgan fingerprint density at radius 3 is 2.39 bits per heavy atom. The van der Waals surface area contributed by atoms with Gasteiger partial charge in [0.25, 0.3) is 0 Å². The maximum absolute atomic E-state index is 11.7. The first-order chi connectivity index (χ1) is 14.7. The lowest BCUT2D eigenvalue weighted by Crippen LogP contribution is -2.54. The van der Waals surface area contributed by atoms with Gasteiger partial charge in [0.2, 0.25) is 0 Å². The second kappa shape index (κ2) is 8.71. The average Bonchev–Trinajstić information content (AvgIpc) is 3.09. The zero-order chi connectivity index (χ0) is 22.4. The third-order valence-electron chi connectivity index (χ3n) is 10.7. The number of fused-ring (bicyclic) bond motifs is 5. The smallest absolute Gasteiger partial charge is 0.305 e. The monoisotopic (exact) mass is 432 g/mol. The fourth-order valence-electron chi connectivity index (χ4n) is 9.18. The van der Waals surface area contributed by atoms with E-state index in [0.29, 0.717) is 29.1 Å². The largest absolute Gasteiger partial charge is 0.469 e. The van der Waals surface area contributed by atoms with Crippen LogP contribution in [0.2, 0.25) is 0 Å². The highest BCUT2D eigenvalue weighted by molar-refractivity contribution is 5.69. The summed E-state index contributed by atoms with van der Waals surface area (Å²) in [7, 11) is 1.50. The van der Waals surface area contributed by atoms with Gasteiger partial charge in [-0.2, -0.15) is 0 Å². The number of esters is 2. The van der Waals surface area contributed by atoms with Gasteiger partial charge in [0, 0.05) is 13.3 Å². The van der Waals surface area contributed by atoms with Crippen molar-refractivity contribution in [2.75, 3.05) is 7.11 Å². The molecule has 0 aromatic heterocycles. The Morgan fingerprint density at radius 1 is 0.968 bits per heavy atom. The molecule has 0 N–H and O–H groups in total. The predicted molar refractivity (Wildman–Crippen MR) is 121 cm³/mol. The number of hydrogen-bond acceptors (Lipinski definition) is 4. The van der Waals surface area contributed by atoms with Crippen LogP contribution in [0.5, 0.6) is 0 Å². The number of hydrogen-bond donors (Lipinski definition) is 0. The molecule has 0 radical (unpaired) electrons. The molecule has 0 saturated heterocycles. The summed E-state index contributed by atoms with van der Waals surface area (Å²) in [4.78, 5) is 23.2. The molecule has 4 saturated carbocycles. The first-order valence-electron chi connectivity index (χ1n) is 12.9. The van der Waals surface area contributed by atoms with E-state index in [1.54, 1.807) is 6.92 Å². The first-order valence-corrected chi connectivity index (χ1v) is 12.9. The van der Waals surface area contributed by atoms with Crippen molar-refractivity contribution in [2.24, 2.45) is 46.3 Å². The Balaban J connectivity index is 1.45. The summed E-state index contributed by atoms with van der Waals surface area (Å²) in [5, 5.41) is 0. The van der Waals surface area contributed by atoms with E-state index in [1.165, 1.54) is 52.1 Å². The third kappa shape index (κ3) is 4.06. The second-order valence-electron chi connectivity index (χ2n) is 12.0. The molecule has 176 valence electrons. The van der Waals surface area contributed by atoms with Crippen molar-refractivity contribution in [3.8, 4) is 0 Å². The van der Waals surface area contributed by atoms with Crippen molar-refractivity contribution in [3.63, 3.8) is 0 Å². The maximum Gasteiger partial charge on any atom is 0.305 e. The van der Waals surface area contributed by atoms with Crippen LogP contribution in [-0.2, 0) is 19.1 Å². The molecular formula is C27H44O4. The fourth-order valence-corrected chi connectivity index (χ4v) is 9.18. The lowest BCUT2D eigenvalue weighted by molar-refractivity contribution is -0.160. The Hall–Kier alpha value is -1.06. The number of carbonyl (C=O) groups is 2. The van der Waals surface area contributed by atoms with Crippen molar-refractivity contribution in [1.82, 2.24) is 0 Å². The highest BCUT2D eigenvalue weighted by atomic mass is 16.5. The van der Waals surface area contributed by atoms with E-state index in [1.807, 2.05) is 0 Å². The third-order valence-corrected chi connectivity index (χ3v) is 10.7. The summed E-state index contributed by atoms with van der Waals surface area (Å²) in [6, 6.07) is 0. The van der Waals surface area contributed by atoms with Gasteiger partial charge in [-0.3, -0.25) is 9.59 Å². The van der Waals surface area contributed by atoms with Gasteiger partial charge >= 0.3 is 11.9 Å². The molecule has 0 amide bonds. The summed E-state index contributed by atoms with van der Waals surface area (Å²) in [6.45, 7) is 9.09. The Labute approximate surface area is 189 Å². The molecule has 4 aliphatic carbocycles. The lowest BCUT2D eigenvalue weighted by atomic mass is 9.44. The molecule has 0 aliphatic heterocycles. The number of ether oxygens (including phenoxy) is 2. The molecule has 4 aliphatic rings. The summed E-state index contributed by atoms with van der Waals surface area (Å²) in [6.07, 6.45) is 13.1. The van der Waals surface area contributed by atoms with Crippen LogP contribution in [0.3, 0.4) is 0 Å². The molecule has 0 bridgehead atoms. The van der Waals surface area contributed by atoms with Crippen molar-refractivity contribution in [2.45, 2.75) is 104 Å². The van der Waals surface area contributed by atoms with E-state index >= 15 is 0 Å². The minimum absolute atomic E-state index is 0.0640. The van der Waals surface area contributed by atoms with Gasteiger partial charge in [-0.1, -0.05) is 20.8 Å². The van der Waals surface area contributed by atoms with Crippen LogP contribution in [0.1, 0.15) is 98.3 Å². The van der Waals surface area contributed by atoms with E-state index in [0.717, 1.165) is 42.9 Å². The minimum Gasteiger partial charge on any atom is -0.469 e. The predicted octanol–water partition coefficient (Wildman–Crippen LogP) is 6.17. The summed E-state index contributed by atoms with van der Waals surface area (Å²) in [5.41, 5.74) is 0.865. The quantitative estimate of drug-likeness (QED) is 0.488. The molecule has 0 aromatic carbocycles. The summed E-state index contributed by atoms with van der Waals surface area (Å²) in [5.74, 6) is 4.42. The zero-order valence-electron chi connectivity index (χ0n) is 20.5. The number of methoxy groups -OCH3 is 1. The summed E-state index contributed by atoms with van der Waals surface area (Å²) >= 11 is 0. The Bertz CT molecular complexity index is 689. The minimum atomic E-state index is -0.117. The number of carbonyl (C=O) groups excluding carboxylic acids is 2. The standard InChI is InChI=1S/C27H44O4/c1-17(6-11-25(29)30-5)22-9-10-23-21-8-7-19-16-20(31-18(2)28)12-14-26(19,3)24(21)13-15-27(22,23)4/h17,19-24H,6-16H2,1-5H3/t17-,19-,20-,21?,22-,23+,24?,26+,27-/m1/s1. The van der Waals surface area contributed by atoms with Crippen LogP contribution >= 0.6 is 0 Å². The molecule has 4 nitrogen and oxygen atoms in total. The van der Waals surface area contributed by atoms with Crippen LogP contribution < -0.4 is 0 Å². The molecule has 31 heavy (non-hydrogen) atoms. The van der Waals surface area contributed by atoms with Crippen LogP contribution in [0.4, 0.5) is 0 Å². The van der Waals surface area contributed by atoms with E-state index < -0.39 is 0 Å². The van der Waals surface area contributed by atoms with Gasteiger partial charge in [-0.15, -0.1) is 0 Å². The average molecular weight is 433 g/mol. The Morgan fingerprint density at radius 2 is 1.68 bits per heavy atom. The second-order valence-corrected chi connectivity index (χ2v) is 12.0. The van der Waals surface area contributed by atoms with E-state index in [9.17, 15) is 9.59 Å². The number of rotatable bonds is 5. The first kappa shape index (κ1) is 23.1. The van der Waals surface area contributed by atoms with Gasteiger partial charge in [0.15, 0.2) is 0 Å². The van der Waals surface area contributed by atoms with Crippen molar-refractivity contribution in [3.05, 3.63) is 0 Å². The van der Waals surface area contributed by atoms with Crippen molar-refractivity contribution < 1.29 is 19.1 Å². The zero-order valence-corrected chi connectivity index (χ0v) is 20.5. The molecule has 4 fully saturated rings. The van der Waals surface area contributed by atoms with Gasteiger partial charge < -0.3 is 9.47 Å². The van der Waals surface area contributed by atoms with Gasteiger partial charge in [-0.05, 0) is 111 Å². The van der Waals surface area contributed by atoms with Gasteiger partial charge in [-0.25, -0.2) is 0 Å². The molecule has 0 aromatic rings. The van der Waals surface area contributed by atoms with E-state index in [-0.39, 0.29) is 18.0 Å². The molecule has 4 rings (SSSR count). The molecule has 9 atom stereocenters. The molecule has 4 heteroatoms. The van der Waals surface area contributed by atoms with Crippen LogP contribution in [0.15, 0.2) is 0 Å². The summed E-state index contributed by atoms with van der Waals surface area (Å²) < 4.78 is 10.5. The highest BCUT2D eigenvalue weighted by Crippen LogP contribution is 2.68. The Kier molecular flexibility index (Phi) is 6.49. The topological polar surface area (TPSA) is 52.6 Å². The maximum atomic E-state index is 11.7. The van der Waals surface area contributed by atoms with Gasteiger partial charge in [0.1, 0.15) is 6.10 Å². The van der Waals surface area contributed by atoms with Gasteiger partial charge in [0.05, 0.1) is 7.11 Å². The van der Waals surface area contributed by atoms with Crippen LogP contribution in [-0.4, -0.2) is 25.2 Å². The van der Waals surface area contributed by atoms with Crippen molar-refractivity contribution in [1.29, 1.82) is 0 Å². The van der Waals surface area contributed by atoms with Crippen molar-refractivity contribution >= 4 is 11.9 Å². The highest BCUT2D eigenvalue weighted by Gasteiger charge is 2.60. The molecular weight excluding hydrogens is 388 g/mol. The SMILES string of the molecule is COC(=O)CC[C@@H](C)[C@H]1CC[C@H]2C3CC[C@@H]4C[C@H](OC(C)=O)CC[C@]4(C)C3CC[C@]12C. The lowest BCUT2D eigenvalue weighted by Gasteiger charge is -2.61. The van der Waals surface area contributed by atoms with E-state index in [4.69, 9.17) is 9.47 Å². The van der Waals surface area contributed by atoms with Crippen LogP contribution in [0, 0.1) is 46.3 Å². The molecule has 2 unspecified atom stereocenters. The normalized spacial score (nSPS) is 45.1. The molecule has 0 heterocycles.